The van der Waals surface area contributed by atoms with Crippen molar-refractivity contribution in [2.24, 2.45) is 11.0 Å². The van der Waals surface area contributed by atoms with Crippen molar-refractivity contribution < 1.29 is 4.42 Å². The monoisotopic (exact) mass is 341 g/mol. The lowest BCUT2D eigenvalue weighted by molar-refractivity contribution is 0.563. The van der Waals surface area contributed by atoms with Crippen LogP contribution in [0, 0.1) is 5.92 Å². The third kappa shape index (κ3) is 3.71. The maximum absolute atomic E-state index is 12.2. The average Bonchev–Trinajstić information content (AvgIpc) is 3.00. The Morgan fingerprint density at radius 3 is 2.96 bits per heavy atom. The van der Waals surface area contributed by atoms with E-state index in [1.165, 1.54) is 11.3 Å². The van der Waals surface area contributed by atoms with E-state index in [1.807, 2.05) is 36.6 Å². The highest BCUT2D eigenvalue weighted by Gasteiger charge is 2.11. The van der Waals surface area contributed by atoms with Gasteiger partial charge in [0, 0.05) is 16.5 Å². The quantitative estimate of drug-likeness (QED) is 0.413. The number of hydrazone groups is 1. The first-order chi connectivity index (χ1) is 11.5. The van der Waals surface area contributed by atoms with Crippen LogP contribution in [0.15, 0.2) is 50.0 Å². The molecule has 0 saturated heterocycles. The summed E-state index contributed by atoms with van der Waals surface area (Å²) in [5.74, 6) is 0.560. The van der Waals surface area contributed by atoms with Crippen molar-refractivity contribution in [1.29, 1.82) is 0 Å². The van der Waals surface area contributed by atoms with E-state index in [2.05, 4.69) is 29.4 Å². The SMILES string of the molecule is C/C(CC(C)C)=N\Nc1nc(-c2cc3ccccc3oc2=O)cs1. The summed E-state index contributed by atoms with van der Waals surface area (Å²) in [4.78, 5) is 16.6. The number of anilines is 1. The van der Waals surface area contributed by atoms with E-state index in [-0.39, 0.29) is 5.63 Å². The highest BCUT2D eigenvalue weighted by molar-refractivity contribution is 7.14. The summed E-state index contributed by atoms with van der Waals surface area (Å²) in [6.07, 6.45) is 0.930. The van der Waals surface area contributed by atoms with Gasteiger partial charge in [-0.15, -0.1) is 11.3 Å². The Kier molecular flexibility index (Phi) is 4.76. The number of hydrogen-bond acceptors (Lipinski definition) is 6. The third-order valence-corrected chi connectivity index (χ3v) is 4.21. The van der Waals surface area contributed by atoms with Gasteiger partial charge in [0.05, 0.1) is 11.3 Å². The fourth-order valence-corrected chi connectivity index (χ4v) is 3.12. The molecule has 24 heavy (non-hydrogen) atoms. The minimum absolute atomic E-state index is 0.384. The van der Waals surface area contributed by atoms with Crippen molar-refractivity contribution in [1.82, 2.24) is 4.98 Å². The van der Waals surface area contributed by atoms with Crippen molar-refractivity contribution in [3.8, 4) is 11.3 Å². The Hall–Kier alpha value is -2.47. The van der Waals surface area contributed by atoms with Gasteiger partial charge in [-0.05, 0) is 31.4 Å². The predicted molar refractivity (Wildman–Crippen MR) is 99.8 cm³/mol. The standard InChI is InChI=1S/C18H19N3O2S/c1-11(2)8-12(3)20-21-18-19-15(10-24-18)14-9-13-6-4-5-7-16(13)23-17(14)22/h4-7,9-11H,8H2,1-3H3,(H,19,21)/b20-12+. The molecule has 0 bridgehead atoms. The number of aromatic nitrogens is 1. The molecule has 0 spiro atoms. The van der Waals surface area contributed by atoms with Crippen molar-refractivity contribution in [3.63, 3.8) is 0 Å². The molecule has 1 N–H and O–H groups in total. The largest absolute Gasteiger partial charge is 0.422 e. The molecule has 0 aliphatic carbocycles. The molecule has 0 atom stereocenters. The summed E-state index contributed by atoms with van der Waals surface area (Å²) < 4.78 is 5.36. The van der Waals surface area contributed by atoms with Gasteiger partial charge in [-0.3, -0.25) is 5.43 Å². The minimum Gasteiger partial charge on any atom is -0.422 e. The van der Waals surface area contributed by atoms with Gasteiger partial charge in [0.15, 0.2) is 0 Å². The lowest BCUT2D eigenvalue weighted by Crippen LogP contribution is -2.03. The van der Waals surface area contributed by atoms with Gasteiger partial charge < -0.3 is 4.42 Å². The maximum atomic E-state index is 12.2. The normalized spacial score (nSPS) is 12.1. The smallest absolute Gasteiger partial charge is 0.345 e. The number of nitrogens with one attached hydrogen (secondary N) is 1. The van der Waals surface area contributed by atoms with E-state index in [4.69, 9.17) is 4.42 Å². The van der Waals surface area contributed by atoms with Crippen molar-refractivity contribution in [2.45, 2.75) is 27.2 Å². The van der Waals surface area contributed by atoms with E-state index in [9.17, 15) is 4.79 Å². The molecule has 0 aliphatic rings. The van der Waals surface area contributed by atoms with Crippen molar-refractivity contribution in [3.05, 3.63) is 46.1 Å². The third-order valence-electron chi connectivity index (χ3n) is 3.47. The van der Waals surface area contributed by atoms with Crippen molar-refractivity contribution >= 4 is 33.1 Å². The Morgan fingerprint density at radius 2 is 2.17 bits per heavy atom. The van der Waals surface area contributed by atoms with E-state index in [0.29, 0.717) is 27.9 Å². The van der Waals surface area contributed by atoms with Gasteiger partial charge in [0.2, 0.25) is 5.13 Å². The fraction of sp³-hybridized carbons (Fsp3) is 0.278. The van der Waals surface area contributed by atoms with Crippen LogP contribution >= 0.6 is 11.3 Å². The van der Waals surface area contributed by atoms with E-state index < -0.39 is 0 Å². The molecule has 3 rings (SSSR count). The average molecular weight is 341 g/mol. The zero-order valence-electron chi connectivity index (χ0n) is 13.9. The first kappa shape index (κ1) is 16.4. The lowest BCUT2D eigenvalue weighted by Gasteiger charge is -2.03. The Balaban J connectivity index is 1.85. The Bertz CT molecular complexity index is 941. The molecular weight excluding hydrogens is 322 g/mol. The number of fused-ring (bicyclic) bond motifs is 1. The van der Waals surface area contributed by atoms with Gasteiger partial charge in [-0.1, -0.05) is 32.0 Å². The number of benzene rings is 1. The first-order valence-corrected chi connectivity index (χ1v) is 8.69. The molecule has 0 saturated carbocycles. The molecule has 2 aromatic heterocycles. The van der Waals surface area contributed by atoms with Gasteiger partial charge in [-0.25, -0.2) is 9.78 Å². The molecule has 0 aliphatic heterocycles. The Labute approximate surface area is 144 Å². The molecule has 0 radical (unpaired) electrons. The number of rotatable bonds is 5. The maximum Gasteiger partial charge on any atom is 0.345 e. The number of nitrogens with zero attached hydrogens (tertiary/aromatic N) is 2. The van der Waals surface area contributed by atoms with Gasteiger partial charge in [0.25, 0.3) is 0 Å². The van der Waals surface area contributed by atoms with Crippen LogP contribution < -0.4 is 11.1 Å². The molecule has 124 valence electrons. The second-order valence-electron chi connectivity index (χ2n) is 6.08. The van der Waals surface area contributed by atoms with E-state index in [1.54, 1.807) is 6.07 Å². The zero-order chi connectivity index (χ0) is 17.1. The summed E-state index contributed by atoms with van der Waals surface area (Å²) in [5.41, 5.74) is 5.23. The Morgan fingerprint density at radius 1 is 1.38 bits per heavy atom. The van der Waals surface area contributed by atoms with Crippen LogP contribution in [0.5, 0.6) is 0 Å². The van der Waals surface area contributed by atoms with Gasteiger partial charge in [-0.2, -0.15) is 5.10 Å². The summed E-state index contributed by atoms with van der Waals surface area (Å²) in [7, 11) is 0. The van der Waals surface area contributed by atoms with Crippen molar-refractivity contribution in [2.75, 3.05) is 5.43 Å². The molecular formula is C18H19N3O2S. The summed E-state index contributed by atoms with van der Waals surface area (Å²) in [6, 6.07) is 9.25. The van der Waals surface area contributed by atoms with Crippen LogP contribution in [0.3, 0.4) is 0 Å². The predicted octanol–water partition coefficient (Wildman–Crippen LogP) is 4.75. The molecule has 0 unspecified atom stereocenters. The highest BCUT2D eigenvalue weighted by Crippen LogP contribution is 2.25. The minimum atomic E-state index is -0.384. The number of para-hydroxylation sites is 1. The second-order valence-corrected chi connectivity index (χ2v) is 6.94. The fourth-order valence-electron chi connectivity index (χ4n) is 2.47. The van der Waals surface area contributed by atoms with Gasteiger partial charge >= 0.3 is 5.63 Å². The van der Waals surface area contributed by atoms with Crippen LogP contribution in [-0.2, 0) is 0 Å². The summed E-state index contributed by atoms with van der Waals surface area (Å²) in [5, 5.41) is 7.69. The molecule has 2 heterocycles. The highest BCUT2D eigenvalue weighted by atomic mass is 32.1. The number of thiazole rings is 1. The van der Waals surface area contributed by atoms with Crippen LogP contribution in [0.1, 0.15) is 27.2 Å². The molecule has 3 aromatic rings. The lowest BCUT2D eigenvalue weighted by atomic mass is 10.1. The molecule has 5 nitrogen and oxygen atoms in total. The van der Waals surface area contributed by atoms with Crippen LogP contribution in [0.25, 0.3) is 22.2 Å². The van der Waals surface area contributed by atoms with Gasteiger partial charge in [0.1, 0.15) is 5.58 Å². The zero-order valence-corrected chi connectivity index (χ0v) is 14.7. The van der Waals surface area contributed by atoms with Crippen LogP contribution in [0.4, 0.5) is 5.13 Å². The molecule has 6 heteroatoms. The topological polar surface area (TPSA) is 67.5 Å². The van der Waals surface area contributed by atoms with E-state index in [0.717, 1.165) is 17.5 Å². The van der Waals surface area contributed by atoms with Crippen LogP contribution in [0.2, 0.25) is 0 Å². The molecule has 0 fully saturated rings. The molecule has 0 amide bonds. The molecule has 1 aromatic carbocycles. The van der Waals surface area contributed by atoms with Crippen LogP contribution in [-0.4, -0.2) is 10.7 Å². The second kappa shape index (κ2) is 6.97. The summed E-state index contributed by atoms with van der Waals surface area (Å²) in [6.45, 7) is 6.29. The first-order valence-electron chi connectivity index (χ1n) is 7.81. The number of hydrogen-bond donors (Lipinski definition) is 1. The van der Waals surface area contributed by atoms with E-state index >= 15 is 0 Å². The summed E-state index contributed by atoms with van der Waals surface area (Å²) >= 11 is 1.41.